The van der Waals surface area contributed by atoms with Crippen LogP contribution in [0.15, 0.2) is 30.3 Å². The van der Waals surface area contributed by atoms with Crippen molar-refractivity contribution in [3.63, 3.8) is 0 Å². The average molecular weight is 218 g/mol. The smallest absolute Gasteiger partial charge is 0.146 e. The second-order valence-corrected chi connectivity index (χ2v) is 4.41. The molecule has 0 saturated heterocycles. The van der Waals surface area contributed by atoms with Crippen molar-refractivity contribution in [1.82, 2.24) is 0 Å². The molecule has 2 nitrogen and oxygen atoms in total. The van der Waals surface area contributed by atoms with Crippen molar-refractivity contribution >= 4 is 5.78 Å². The molecule has 2 heteroatoms. The molecule has 0 heterocycles. The Morgan fingerprint density at radius 1 is 1.25 bits per heavy atom. The first-order chi connectivity index (χ1) is 7.73. The zero-order valence-corrected chi connectivity index (χ0v) is 9.90. The molecule has 0 radical (unpaired) electrons. The van der Waals surface area contributed by atoms with Crippen LogP contribution in [-0.2, 0) is 4.79 Å². The number of carbonyl (C=O) groups excluding carboxylic acids is 1. The fraction of sp³-hybridized carbons (Fsp3) is 0.500. The fourth-order valence-electron chi connectivity index (χ4n) is 2.53. The predicted molar refractivity (Wildman–Crippen MR) is 63.5 cm³/mol. The predicted octanol–water partition coefficient (Wildman–Crippen LogP) is 3.21. The van der Waals surface area contributed by atoms with Gasteiger partial charge in [0.15, 0.2) is 0 Å². The van der Waals surface area contributed by atoms with E-state index in [1.807, 2.05) is 30.3 Å². The highest BCUT2D eigenvalue weighted by molar-refractivity contribution is 5.92. The highest BCUT2D eigenvalue weighted by atomic mass is 16.5. The molecular formula is C14H18O2. The molecule has 1 aromatic carbocycles. The molecule has 2 rings (SSSR count). The van der Waals surface area contributed by atoms with E-state index in [1.54, 1.807) is 0 Å². The second-order valence-electron chi connectivity index (χ2n) is 4.41. The van der Waals surface area contributed by atoms with E-state index in [0.29, 0.717) is 12.2 Å². The summed E-state index contributed by atoms with van der Waals surface area (Å²) in [6.45, 7) is 4.14. The third kappa shape index (κ3) is 1.62. The van der Waals surface area contributed by atoms with E-state index in [2.05, 4.69) is 13.8 Å². The Kier molecular flexibility index (Phi) is 2.99. The molecular weight excluding hydrogens is 200 g/mol. The molecule has 0 aliphatic heterocycles. The minimum absolute atomic E-state index is 0.0670. The van der Waals surface area contributed by atoms with Crippen LogP contribution in [0.25, 0.3) is 0 Å². The van der Waals surface area contributed by atoms with Gasteiger partial charge in [0, 0.05) is 6.42 Å². The zero-order valence-electron chi connectivity index (χ0n) is 9.90. The van der Waals surface area contributed by atoms with Crippen LogP contribution in [0, 0.1) is 5.41 Å². The lowest BCUT2D eigenvalue weighted by atomic mass is 9.61. The second kappa shape index (κ2) is 4.28. The molecule has 0 aromatic heterocycles. The number of hydrogen-bond donors (Lipinski definition) is 0. The van der Waals surface area contributed by atoms with Gasteiger partial charge in [-0.2, -0.15) is 0 Å². The Bertz CT molecular complexity index is 366. The summed E-state index contributed by atoms with van der Waals surface area (Å²) in [4.78, 5) is 11.7. The first-order valence-corrected chi connectivity index (χ1v) is 5.98. The lowest BCUT2D eigenvalue weighted by Gasteiger charge is -2.46. The molecule has 1 atom stereocenters. The minimum atomic E-state index is -0.226. The molecule has 0 bridgehead atoms. The van der Waals surface area contributed by atoms with Gasteiger partial charge in [0.05, 0.1) is 5.41 Å². The highest BCUT2D eigenvalue weighted by Crippen LogP contribution is 2.45. The monoisotopic (exact) mass is 218 g/mol. The summed E-state index contributed by atoms with van der Waals surface area (Å²) in [7, 11) is 0. The van der Waals surface area contributed by atoms with Gasteiger partial charge in [-0.05, 0) is 25.0 Å². The zero-order chi connectivity index (χ0) is 11.6. The molecule has 1 aliphatic rings. The molecule has 0 N–H and O–H groups in total. The van der Waals surface area contributed by atoms with E-state index >= 15 is 0 Å². The number of benzene rings is 1. The van der Waals surface area contributed by atoms with Crippen LogP contribution in [0.1, 0.15) is 33.1 Å². The van der Waals surface area contributed by atoms with Crippen LogP contribution in [0.5, 0.6) is 5.75 Å². The van der Waals surface area contributed by atoms with Crippen molar-refractivity contribution in [2.45, 2.75) is 39.2 Å². The molecule has 1 aliphatic carbocycles. The Balaban J connectivity index is 2.10. The standard InChI is InChI=1S/C14H18O2/c1-3-14(4-2)12(15)10-13(14)16-11-8-6-5-7-9-11/h5-9,13H,3-4,10H2,1-2H3. The summed E-state index contributed by atoms with van der Waals surface area (Å²) in [6.07, 6.45) is 2.38. The lowest BCUT2D eigenvalue weighted by molar-refractivity contribution is -0.153. The largest absolute Gasteiger partial charge is 0.489 e. The molecule has 1 aromatic rings. The summed E-state index contributed by atoms with van der Waals surface area (Å²) in [5.74, 6) is 1.23. The maximum absolute atomic E-state index is 11.7. The molecule has 1 unspecified atom stereocenters. The van der Waals surface area contributed by atoms with Crippen LogP contribution in [0.2, 0.25) is 0 Å². The van der Waals surface area contributed by atoms with Crippen LogP contribution in [0.3, 0.4) is 0 Å². The molecule has 0 spiro atoms. The third-order valence-corrected chi connectivity index (χ3v) is 3.83. The first-order valence-electron chi connectivity index (χ1n) is 5.98. The number of carbonyl (C=O) groups is 1. The van der Waals surface area contributed by atoms with Gasteiger partial charge in [-0.15, -0.1) is 0 Å². The van der Waals surface area contributed by atoms with Crippen LogP contribution in [0.4, 0.5) is 0 Å². The van der Waals surface area contributed by atoms with Gasteiger partial charge in [0.1, 0.15) is 17.6 Å². The van der Waals surface area contributed by atoms with E-state index in [1.165, 1.54) is 0 Å². The summed E-state index contributed by atoms with van der Waals surface area (Å²) < 4.78 is 5.90. The normalized spacial score (nSPS) is 22.6. The molecule has 1 fully saturated rings. The van der Waals surface area contributed by atoms with E-state index in [-0.39, 0.29) is 11.5 Å². The summed E-state index contributed by atoms with van der Waals surface area (Å²) in [6, 6.07) is 9.76. The highest BCUT2D eigenvalue weighted by Gasteiger charge is 2.53. The molecule has 1 saturated carbocycles. The number of ether oxygens (including phenoxy) is 1. The van der Waals surface area contributed by atoms with Crippen molar-refractivity contribution in [3.05, 3.63) is 30.3 Å². The van der Waals surface area contributed by atoms with Gasteiger partial charge in [0.2, 0.25) is 0 Å². The van der Waals surface area contributed by atoms with Gasteiger partial charge in [-0.25, -0.2) is 0 Å². The van der Waals surface area contributed by atoms with Gasteiger partial charge < -0.3 is 4.74 Å². The van der Waals surface area contributed by atoms with E-state index in [9.17, 15) is 4.79 Å². The van der Waals surface area contributed by atoms with Crippen molar-refractivity contribution in [2.75, 3.05) is 0 Å². The van der Waals surface area contributed by atoms with Gasteiger partial charge in [-0.3, -0.25) is 4.79 Å². The topological polar surface area (TPSA) is 26.3 Å². The van der Waals surface area contributed by atoms with Crippen LogP contribution >= 0.6 is 0 Å². The van der Waals surface area contributed by atoms with E-state index in [4.69, 9.17) is 4.74 Å². The number of Topliss-reactive ketones (excluding diaryl/α,β-unsaturated/α-hetero) is 1. The van der Waals surface area contributed by atoms with Gasteiger partial charge in [-0.1, -0.05) is 32.0 Å². The van der Waals surface area contributed by atoms with Crippen molar-refractivity contribution in [3.8, 4) is 5.75 Å². The van der Waals surface area contributed by atoms with Crippen molar-refractivity contribution in [1.29, 1.82) is 0 Å². The van der Waals surface area contributed by atoms with Crippen molar-refractivity contribution < 1.29 is 9.53 Å². The van der Waals surface area contributed by atoms with Crippen molar-refractivity contribution in [2.24, 2.45) is 5.41 Å². The summed E-state index contributed by atoms with van der Waals surface area (Å²) >= 11 is 0. The SMILES string of the molecule is CCC1(CC)C(=O)CC1Oc1ccccc1. The Labute approximate surface area is 96.6 Å². The molecule has 0 amide bonds. The molecule has 16 heavy (non-hydrogen) atoms. The van der Waals surface area contributed by atoms with E-state index in [0.717, 1.165) is 18.6 Å². The Hall–Kier alpha value is -1.31. The number of para-hydroxylation sites is 1. The number of ketones is 1. The quantitative estimate of drug-likeness (QED) is 0.775. The number of hydrogen-bond acceptors (Lipinski definition) is 2. The Morgan fingerprint density at radius 3 is 2.38 bits per heavy atom. The summed E-state index contributed by atoms with van der Waals surface area (Å²) in [5, 5.41) is 0. The van der Waals surface area contributed by atoms with E-state index < -0.39 is 0 Å². The van der Waals surface area contributed by atoms with Crippen LogP contribution in [-0.4, -0.2) is 11.9 Å². The lowest BCUT2D eigenvalue weighted by Crippen LogP contribution is -2.56. The minimum Gasteiger partial charge on any atom is -0.489 e. The average Bonchev–Trinajstić information content (AvgIpc) is 2.32. The maximum atomic E-state index is 11.7. The van der Waals surface area contributed by atoms with Gasteiger partial charge in [0.25, 0.3) is 0 Å². The van der Waals surface area contributed by atoms with Crippen LogP contribution < -0.4 is 4.74 Å². The summed E-state index contributed by atoms with van der Waals surface area (Å²) in [5.41, 5.74) is -0.226. The third-order valence-electron chi connectivity index (χ3n) is 3.83. The number of rotatable bonds is 4. The molecule has 86 valence electrons. The Morgan fingerprint density at radius 2 is 1.88 bits per heavy atom. The fourth-order valence-corrected chi connectivity index (χ4v) is 2.53. The van der Waals surface area contributed by atoms with Gasteiger partial charge >= 0.3 is 0 Å². The first kappa shape index (κ1) is 11.2. The maximum Gasteiger partial charge on any atom is 0.146 e.